The summed E-state index contributed by atoms with van der Waals surface area (Å²) >= 11 is 0. The molecule has 2 aliphatic rings. The summed E-state index contributed by atoms with van der Waals surface area (Å²) in [6, 6.07) is 15.8. The van der Waals surface area contributed by atoms with E-state index in [1.54, 1.807) is 7.11 Å². The molecule has 0 aromatic heterocycles. The maximum Gasteiger partial charge on any atom is 0.230 e. The molecule has 0 aliphatic carbocycles. The summed E-state index contributed by atoms with van der Waals surface area (Å²) in [5.74, 6) is 1.70. The van der Waals surface area contributed by atoms with Gasteiger partial charge in [-0.3, -0.25) is 4.79 Å². The summed E-state index contributed by atoms with van der Waals surface area (Å²) in [6.07, 6.45) is 0.721. The van der Waals surface area contributed by atoms with Gasteiger partial charge in [0.2, 0.25) is 5.91 Å². The van der Waals surface area contributed by atoms with E-state index in [0.29, 0.717) is 13.2 Å². The van der Waals surface area contributed by atoms with Crippen LogP contribution in [0.25, 0.3) is 0 Å². The normalized spacial score (nSPS) is 21.4. The van der Waals surface area contributed by atoms with Gasteiger partial charge in [0.05, 0.1) is 25.7 Å². The predicted molar refractivity (Wildman–Crippen MR) is 107 cm³/mol. The number of nitrogens with one attached hydrogen (secondary N) is 1. The molecule has 2 unspecified atom stereocenters. The molecule has 6 heteroatoms. The van der Waals surface area contributed by atoms with E-state index in [9.17, 15) is 4.79 Å². The molecule has 5 nitrogen and oxygen atoms in total. The molecule has 1 saturated heterocycles. The first kappa shape index (κ1) is 19.5. The first-order chi connectivity index (χ1) is 12.8. The minimum atomic E-state index is -0.143. The highest BCUT2D eigenvalue weighted by molar-refractivity contribution is 5.86. The maximum absolute atomic E-state index is 13.5. The number of rotatable bonds is 3. The van der Waals surface area contributed by atoms with Crippen LogP contribution in [0.15, 0.2) is 48.5 Å². The molecule has 4 rings (SSSR count). The van der Waals surface area contributed by atoms with Crippen molar-refractivity contribution >= 4 is 18.3 Å². The van der Waals surface area contributed by atoms with E-state index < -0.39 is 0 Å². The summed E-state index contributed by atoms with van der Waals surface area (Å²) in [7, 11) is 1.68. The standard InChI is InChI=1S/C21H24N2O3.ClH/c1-25-19-8-4-3-7-17(19)18-14-22-11-12-23(18)21(24)16-10-13-26-20-9-5-2-6-15(16)20;/h2-9,16,18,22H,10-14H2,1H3;1H. The van der Waals surface area contributed by atoms with Gasteiger partial charge in [0.15, 0.2) is 0 Å². The lowest BCUT2D eigenvalue weighted by Gasteiger charge is -2.40. The monoisotopic (exact) mass is 388 g/mol. The molecular weight excluding hydrogens is 364 g/mol. The molecule has 0 radical (unpaired) electrons. The Morgan fingerprint density at radius 3 is 2.70 bits per heavy atom. The van der Waals surface area contributed by atoms with E-state index in [-0.39, 0.29) is 30.3 Å². The maximum atomic E-state index is 13.5. The molecule has 0 spiro atoms. The van der Waals surface area contributed by atoms with Gasteiger partial charge in [-0.05, 0) is 18.6 Å². The summed E-state index contributed by atoms with van der Waals surface area (Å²) < 4.78 is 11.3. The quantitative estimate of drug-likeness (QED) is 0.877. The molecule has 1 amide bonds. The van der Waals surface area contributed by atoms with Crippen LogP contribution in [0.5, 0.6) is 11.5 Å². The van der Waals surface area contributed by atoms with Crippen molar-refractivity contribution in [1.82, 2.24) is 10.2 Å². The van der Waals surface area contributed by atoms with Crippen molar-refractivity contribution in [2.24, 2.45) is 0 Å². The first-order valence-corrected chi connectivity index (χ1v) is 9.15. The van der Waals surface area contributed by atoms with Crippen LogP contribution < -0.4 is 14.8 Å². The van der Waals surface area contributed by atoms with E-state index in [1.807, 2.05) is 47.4 Å². The number of para-hydroxylation sites is 2. The zero-order chi connectivity index (χ0) is 17.9. The van der Waals surface area contributed by atoms with E-state index in [0.717, 1.165) is 42.1 Å². The summed E-state index contributed by atoms with van der Waals surface area (Å²) in [4.78, 5) is 15.5. The van der Waals surface area contributed by atoms with E-state index in [2.05, 4.69) is 11.4 Å². The summed E-state index contributed by atoms with van der Waals surface area (Å²) in [5.41, 5.74) is 2.05. The Bertz CT molecular complexity index is 799. The number of nitrogens with zero attached hydrogens (tertiary/aromatic N) is 1. The van der Waals surface area contributed by atoms with Crippen LogP contribution in [-0.4, -0.2) is 44.2 Å². The third-order valence-corrected chi connectivity index (χ3v) is 5.28. The zero-order valence-electron chi connectivity index (χ0n) is 15.4. The lowest BCUT2D eigenvalue weighted by Crippen LogP contribution is -2.50. The Balaban J connectivity index is 0.00000210. The number of amides is 1. The van der Waals surface area contributed by atoms with Crippen LogP contribution in [0.4, 0.5) is 0 Å². The fourth-order valence-electron chi connectivity index (χ4n) is 3.99. The minimum Gasteiger partial charge on any atom is -0.496 e. The lowest BCUT2D eigenvalue weighted by molar-refractivity contribution is -0.137. The lowest BCUT2D eigenvalue weighted by atomic mass is 9.90. The third kappa shape index (κ3) is 3.75. The van der Waals surface area contributed by atoms with Gasteiger partial charge < -0.3 is 19.7 Å². The molecule has 2 aromatic rings. The fourth-order valence-corrected chi connectivity index (χ4v) is 3.99. The summed E-state index contributed by atoms with van der Waals surface area (Å²) in [6.45, 7) is 2.82. The molecule has 27 heavy (non-hydrogen) atoms. The second-order valence-electron chi connectivity index (χ2n) is 6.72. The van der Waals surface area contributed by atoms with E-state index in [4.69, 9.17) is 9.47 Å². The van der Waals surface area contributed by atoms with Crippen LogP contribution >= 0.6 is 12.4 Å². The fraction of sp³-hybridized carbons (Fsp3) is 0.381. The molecule has 1 N–H and O–H groups in total. The number of carbonyl (C=O) groups is 1. The average molecular weight is 389 g/mol. The van der Waals surface area contributed by atoms with E-state index in [1.165, 1.54) is 0 Å². The van der Waals surface area contributed by atoms with Crippen molar-refractivity contribution in [2.45, 2.75) is 18.4 Å². The van der Waals surface area contributed by atoms with Gasteiger partial charge >= 0.3 is 0 Å². The van der Waals surface area contributed by atoms with Crippen LogP contribution in [0.2, 0.25) is 0 Å². The number of carbonyl (C=O) groups excluding carboxylic acids is 1. The van der Waals surface area contributed by atoms with Crippen molar-refractivity contribution in [3.63, 3.8) is 0 Å². The Kier molecular flexibility index (Phi) is 6.24. The molecule has 0 bridgehead atoms. The van der Waals surface area contributed by atoms with Gasteiger partial charge in [-0.1, -0.05) is 36.4 Å². The Labute approximate surface area is 166 Å². The van der Waals surface area contributed by atoms with Gasteiger partial charge in [0.1, 0.15) is 11.5 Å². The number of ether oxygens (including phenoxy) is 2. The minimum absolute atomic E-state index is 0. The smallest absolute Gasteiger partial charge is 0.230 e. The first-order valence-electron chi connectivity index (χ1n) is 9.15. The molecule has 2 atom stereocenters. The number of piperazine rings is 1. The Hall–Kier alpha value is -2.24. The molecule has 2 aromatic carbocycles. The number of fused-ring (bicyclic) bond motifs is 1. The number of methoxy groups -OCH3 is 1. The highest BCUT2D eigenvalue weighted by Crippen LogP contribution is 2.38. The van der Waals surface area contributed by atoms with Gasteiger partial charge in [-0.15, -0.1) is 12.4 Å². The number of benzene rings is 2. The van der Waals surface area contributed by atoms with Gasteiger partial charge in [-0.25, -0.2) is 0 Å². The van der Waals surface area contributed by atoms with Crippen molar-refractivity contribution in [3.8, 4) is 11.5 Å². The van der Waals surface area contributed by atoms with Crippen molar-refractivity contribution < 1.29 is 14.3 Å². The van der Waals surface area contributed by atoms with Crippen LogP contribution in [0.1, 0.15) is 29.5 Å². The predicted octanol–water partition coefficient (Wildman–Crippen LogP) is 3.16. The van der Waals surface area contributed by atoms with Gasteiger partial charge in [0.25, 0.3) is 0 Å². The highest BCUT2D eigenvalue weighted by atomic mass is 35.5. The molecule has 144 valence electrons. The Morgan fingerprint density at radius 1 is 1.15 bits per heavy atom. The SMILES string of the molecule is COc1ccccc1C1CNCCN1C(=O)C1CCOc2ccccc21.Cl. The second kappa shape index (κ2) is 8.63. The number of hydrogen-bond donors (Lipinski definition) is 1. The van der Waals surface area contributed by atoms with Crippen molar-refractivity contribution in [2.75, 3.05) is 33.4 Å². The van der Waals surface area contributed by atoms with Crippen molar-refractivity contribution in [1.29, 1.82) is 0 Å². The largest absolute Gasteiger partial charge is 0.496 e. The summed E-state index contributed by atoms with van der Waals surface area (Å²) in [5, 5.41) is 3.42. The number of halogens is 1. The van der Waals surface area contributed by atoms with Crippen molar-refractivity contribution in [3.05, 3.63) is 59.7 Å². The molecule has 2 aliphatic heterocycles. The molecular formula is C21H25ClN2O3. The van der Waals surface area contributed by atoms with E-state index >= 15 is 0 Å². The average Bonchev–Trinajstić information content (AvgIpc) is 2.73. The third-order valence-electron chi connectivity index (χ3n) is 5.28. The van der Waals surface area contributed by atoms with Crippen LogP contribution in [0.3, 0.4) is 0 Å². The topological polar surface area (TPSA) is 50.8 Å². The highest BCUT2D eigenvalue weighted by Gasteiger charge is 2.36. The molecule has 2 heterocycles. The van der Waals surface area contributed by atoms with Gasteiger partial charge in [-0.2, -0.15) is 0 Å². The number of hydrogen-bond acceptors (Lipinski definition) is 4. The Morgan fingerprint density at radius 2 is 1.89 bits per heavy atom. The molecule has 1 fully saturated rings. The second-order valence-corrected chi connectivity index (χ2v) is 6.72. The molecule has 0 saturated carbocycles. The van der Waals surface area contributed by atoms with Crippen LogP contribution in [0, 0.1) is 0 Å². The van der Waals surface area contributed by atoms with Gasteiger partial charge in [0, 0.05) is 30.8 Å². The zero-order valence-corrected chi connectivity index (χ0v) is 16.2. The van der Waals surface area contributed by atoms with Crippen LogP contribution in [-0.2, 0) is 4.79 Å².